The van der Waals surface area contributed by atoms with E-state index in [1.165, 1.54) is 12.8 Å². The molecule has 0 spiro atoms. The molecule has 1 aliphatic heterocycles. The monoisotopic (exact) mass is 156 g/mol. The highest BCUT2D eigenvalue weighted by atomic mass is 16.3. The summed E-state index contributed by atoms with van der Waals surface area (Å²) in [5.74, 6) is 0. The Kier molecular flexibility index (Phi) is 1.50. The van der Waals surface area contributed by atoms with Crippen LogP contribution in [0, 0.1) is 0 Å². The lowest BCUT2D eigenvalue weighted by atomic mass is 9.75. The van der Waals surface area contributed by atoms with Crippen LogP contribution in [0.2, 0.25) is 0 Å². The average Bonchev–Trinajstić information content (AvgIpc) is 2.32. The molecule has 4 N–H and O–H groups in total. The van der Waals surface area contributed by atoms with Crippen molar-refractivity contribution in [1.29, 1.82) is 0 Å². The molecule has 0 aromatic carbocycles. The fourth-order valence-electron chi connectivity index (χ4n) is 2.19. The summed E-state index contributed by atoms with van der Waals surface area (Å²) in [5.41, 5.74) is 5.24. The molecule has 1 saturated heterocycles. The predicted molar refractivity (Wildman–Crippen MR) is 43.2 cm³/mol. The van der Waals surface area contributed by atoms with E-state index in [4.69, 9.17) is 5.73 Å². The highest BCUT2D eigenvalue weighted by Crippen LogP contribution is 2.38. The van der Waals surface area contributed by atoms with E-state index in [-0.39, 0.29) is 5.54 Å². The topological polar surface area (TPSA) is 58.3 Å². The van der Waals surface area contributed by atoms with E-state index in [9.17, 15) is 5.11 Å². The lowest BCUT2D eigenvalue weighted by Crippen LogP contribution is -2.74. The molecule has 0 aromatic rings. The Morgan fingerprint density at radius 1 is 1.18 bits per heavy atom. The quantitative estimate of drug-likeness (QED) is 0.484. The highest BCUT2D eigenvalue weighted by molar-refractivity contribution is 5.12. The van der Waals surface area contributed by atoms with E-state index >= 15 is 0 Å². The minimum absolute atomic E-state index is 0.280. The van der Waals surface area contributed by atoms with Gasteiger partial charge in [-0.15, -0.1) is 0 Å². The summed E-state index contributed by atoms with van der Waals surface area (Å²) in [6, 6.07) is 0. The van der Waals surface area contributed by atoms with Gasteiger partial charge in [-0.05, 0) is 12.8 Å². The molecule has 64 valence electrons. The van der Waals surface area contributed by atoms with E-state index in [0.717, 1.165) is 12.8 Å². The molecule has 0 bridgehead atoms. The highest BCUT2D eigenvalue weighted by Gasteiger charge is 2.52. The Morgan fingerprint density at radius 3 is 2.09 bits per heavy atom. The number of nitrogens with two attached hydrogens (primary N) is 1. The fraction of sp³-hybridized carbons (Fsp3) is 1.00. The zero-order valence-electron chi connectivity index (χ0n) is 6.77. The Bertz CT molecular complexity index is 159. The zero-order chi connectivity index (χ0) is 7.95. The molecular weight excluding hydrogens is 140 g/mol. The number of nitrogens with one attached hydrogen (secondary N) is 1. The van der Waals surface area contributed by atoms with E-state index in [1.807, 2.05) is 0 Å². The van der Waals surface area contributed by atoms with Crippen LogP contribution in [0.3, 0.4) is 0 Å². The van der Waals surface area contributed by atoms with Crippen molar-refractivity contribution in [3.8, 4) is 0 Å². The van der Waals surface area contributed by atoms with Gasteiger partial charge in [0.1, 0.15) is 5.60 Å². The first-order chi connectivity index (χ1) is 5.16. The lowest BCUT2D eigenvalue weighted by molar-refractivity contribution is -0.0742. The molecule has 3 heteroatoms. The summed E-state index contributed by atoms with van der Waals surface area (Å²) in [6.07, 6.45) is 4.34. The van der Waals surface area contributed by atoms with Gasteiger partial charge in [-0.25, -0.2) is 0 Å². The fourth-order valence-corrected chi connectivity index (χ4v) is 2.19. The Balaban J connectivity index is 2.11. The van der Waals surface area contributed by atoms with E-state index in [1.54, 1.807) is 0 Å². The molecule has 0 radical (unpaired) electrons. The first-order valence-electron chi connectivity index (χ1n) is 4.38. The molecule has 2 fully saturated rings. The van der Waals surface area contributed by atoms with Crippen molar-refractivity contribution in [2.75, 3.05) is 13.1 Å². The smallest absolute Gasteiger partial charge is 0.107 e. The third-order valence-corrected chi connectivity index (χ3v) is 3.26. The number of hydrogen-bond acceptors (Lipinski definition) is 3. The number of β-amino-alcohol motifs (C(OH)–C–C–N with tert-alkyl or cyclic N) is 1. The van der Waals surface area contributed by atoms with Gasteiger partial charge in [0.15, 0.2) is 0 Å². The molecule has 3 nitrogen and oxygen atoms in total. The molecule has 2 rings (SSSR count). The van der Waals surface area contributed by atoms with Crippen LogP contribution < -0.4 is 11.1 Å². The predicted octanol–water partition coefficient (Wildman–Crippen LogP) is -0.408. The molecule has 11 heavy (non-hydrogen) atoms. The van der Waals surface area contributed by atoms with E-state index < -0.39 is 5.60 Å². The summed E-state index contributed by atoms with van der Waals surface area (Å²) >= 11 is 0. The largest absolute Gasteiger partial charge is 0.385 e. The SMILES string of the molecule is NC1(C2(O)CNC2)CCCC1. The number of rotatable bonds is 1. The minimum atomic E-state index is -0.594. The Labute approximate surface area is 67.0 Å². The molecule has 1 aliphatic carbocycles. The first-order valence-corrected chi connectivity index (χ1v) is 4.38. The van der Waals surface area contributed by atoms with Crippen LogP contribution in [0.25, 0.3) is 0 Å². The van der Waals surface area contributed by atoms with Crippen molar-refractivity contribution in [2.24, 2.45) is 5.73 Å². The first kappa shape index (κ1) is 7.53. The summed E-state index contributed by atoms with van der Waals surface area (Å²) in [4.78, 5) is 0. The van der Waals surface area contributed by atoms with Crippen molar-refractivity contribution in [3.63, 3.8) is 0 Å². The number of hydrogen-bond donors (Lipinski definition) is 3. The van der Waals surface area contributed by atoms with Gasteiger partial charge in [-0.3, -0.25) is 0 Å². The number of aliphatic hydroxyl groups is 1. The van der Waals surface area contributed by atoms with Gasteiger partial charge in [0.05, 0.1) is 0 Å². The van der Waals surface area contributed by atoms with Crippen LogP contribution >= 0.6 is 0 Å². The summed E-state index contributed by atoms with van der Waals surface area (Å²) < 4.78 is 0. The lowest BCUT2D eigenvalue weighted by Gasteiger charge is -2.49. The van der Waals surface area contributed by atoms with Crippen molar-refractivity contribution in [3.05, 3.63) is 0 Å². The van der Waals surface area contributed by atoms with Gasteiger partial charge in [0, 0.05) is 18.6 Å². The van der Waals surface area contributed by atoms with Crippen LogP contribution in [-0.4, -0.2) is 29.3 Å². The second-order valence-electron chi connectivity index (χ2n) is 4.00. The third-order valence-electron chi connectivity index (χ3n) is 3.26. The maximum absolute atomic E-state index is 9.98. The van der Waals surface area contributed by atoms with Gasteiger partial charge in [-0.2, -0.15) is 0 Å². The van der Waals surface area contributed by atoms with E-state index in [0.29, 0.717) is 13.1 Å². The molecule has 1 heterocycles. The van der Waals surface area contributed by atoms with Crippen LogP contribution in [0.15, 0.2) is 0 Å². The molecule has 2 aliphatic rings. The molecular formula is C8H16N2O. The van der Waals surface area contributed by atoms with Gasteiger partial charge >= 0.3 is 0 Å². The average molecular weight is 156 g/mol. The summed E-state index contributed by atoms with van der Waals surface area (Å²) in [7, 11) is 0. The molecule has 0 amide bonds. The normalized spacial score (nSPS) is 33.3. The third kappa shape index (κ3) is 0.916. The molecule has 0 aromatic heterocycles. The second kappa shape index (κ2) is 2.19. The van der Waals surface area contributed by atoms with Crippen LogP contribution in [0.4, 0.5) is 0 Å². The Hall–Kier alpha value is -0.120. The summed E-state index contributed by atoms with van der Waals surface area (Å²) in [5, 5.41) is 13.1. The minimum Gasteiger partial charge on any atom is -0.385 e. The summed E-state index contributed by atoms with van der Waals surface area (Å²) in [6.45, 7) is 1.37. The van der Waals surface area contributed by atoms with Gasteiger partial charge in [-0.1, -0.05) is 12.8 Å². The maximum atomic E-state index is 9.98. The maximum Gasteiger partial charge on any atom is 0.107 e. The molecule has 1 saturated carbocycles. The van der Waals surface area contributed by atoms with Crippen molar-refractivity contribution in [1.82, 2.24) is 5.32 Å². The van der Waals surface area contributed by atoms with Crippen LogP contribution in [-0.2, 0) is 0 Å². The zero-order valence-corrected chi connectivity index (χ0v) is 6.77. The molecule has 0 unspecified atom stereocenters. The second-order valence-corrected chi connectivity index (χ2v) is 4.00. The van der Waals surface area contributed by atoms with Crippen LogP contribution in [0.5, 0.6) is 0 Å². The van der Waals surface area contributed by atoms with Crippen molar-refractivity contribution >= 4 is 0 Å². The van der Waals surface area contributed by atoms with Crippen molar-refractivity contribution < 1.29 is 5.11 Å². The molecule has 0 atom stereocenters. The van der Waals surface area contributed by atoms with E-state index in [2.05, 4.69) is 5.32 Å². The van der Waals surface area contributed by atoms with Gasteiger partial charge < -0.3 is 16.2 Å². The van der Waals surface area contributed by atoms with Crippen molar-refractivity contribution in [2.45, 2.75) is 36.8 Å². The Morgan fingerprint density at radius 2 is 1.73 bits per heavy atom. The standard InChI is InChI=1S/C8H16N2O/c9-7(3-1-2-4-7)8(11)5-10-6-8/h10-11H,1-6,9H2. The van der Waals surface area contributed by atoms with Gasteiger partial charge in [0.2, 0.25) is 0 Å². The van der Waals surface area contributed by atoms with Crippen LogP contribution in [0.1, 0.15) is 25.7 Å². The van der Waals surface area contributed by atoms with Gasteiger partial charge in [0.25, 0.3) is 0 Å².